The molecule has 18 heavy (non-hydrogen) atoms. The van der Waals surface area contributed by atoms with Gasteiger partial charge >= 0.3 is 0 Å². The lowest BCUT2D eigenvalue weighted by Gasteiger charge is -2.22. The monoisotopic (exact) mass is 247 g/mol. The van der Waals surface area contributed by atoms with E-state index >= 15 is 0 Å². The number of hydrogen-bond acceptors (Lipinski definition) is 3. The number of carbonyl (C=O) groups is 1. The third-order valence-electron chi connectivity index (χ3n) is 3.26. The van der Waals surface area contributed by atoms with Crippen LogP contribution in [-0.4, -0.2) is 28.9 Å². The van der Waals surface area contributed by atoms with E-state index in [1.165, 1.54) is 12.8 Å². The van der Waals surface area contributed by atoms with Crippen LogP contribution in [0.3, 0.4) is 0 Å². The second-order valence-electron chi connectivity index (χ2n) is 5.11. The third kappa shape index (κ3) is 3.00. The maximum absolute atomic E-state index is 12.4. The first-order valence-electron chi connectivity index (χ1n) is 6.63. The highest BCUT2D eigenvalue weighted by atomic mass is 16.2. The molecule has 98 valence electrons. The van der Waals surface area contributed by atoms with Crippen LogP contribution in [0.15, 0.2) is 12.3 Å². The van der Waals surface area contributed by atoms with Gasteiger partial charge in [-0.25, -0.2) is 0 Å². The topological polar surface area (TPSA) is 59.2 Å². The zero-order chi connectivity index (χ0) is 13.1. The highest BCUT2D eigenvalue weighted by Gasteiger charge is 2.27. The van der Waals surface area contributed by atoms with Crippen LogP contribution in [0.25, 0.3) is 0 Å². The van der Waals surface area contributed by atoms with Gasteiger partial charge in [0.05, 0.1) is 5.56 Å². The molecule has 0 aromatic carbocycles. The van der Waals surface area contributed by atoms with Gasteiger partial charge in [-0.1, -0.05) is 6.92 Å². The van der Waals surface area contributed by atoms with E-state index in [0.29, 0.717) is 17.2 Å². The van der Waals surface area contributed by atoms with Gasteiger partial charge in [0.25, 0.3) is 5.91 Å². The van der Waals surface area contributed by atoms with Crippen molar-refractivity contribution >= 4 is 11.6 Å². The first kappa shape index (κ1) is 12.9. The van der Waals surface area contributed by atoms with E-state index in [9.17, 15) is 4.79 Å². The molecular weight excluding hydrogens is 226 g/mol. The molecule has 1 aromatic rings. The Balaban J connectivity index is 2.15. The second-order valence-corrected chi connectivity index (χ2v) is 5.11. The van der Waals surface area contributed by atoms with Gasteiger partial charge in [0.1, 0.15) is 0 Å². The number of carbonyl (C=O) groups excluding carboxylic acids is 1. The summed E-state index contributed by atoms with van der Waals surface area (Å²) in [6, 6.07) is 1.76. The quantitative estimate of drug-likeness (QED) is 0.868. The minimum atomic E-state index is 0.0220. The largest absolute Gasteiger partial charge is 0.398 e. The highest BCUT2D eigenvalue weighted by molar-refractivity contribution is 5.98. The molecule has 4 heteroatoms. The molecule has 1 heterocycles. The van der Waals surface area contributed by atoms with Crippen molar-refractivity contribution in [3.8, 4) is 0 Å². The molecule has 0 aliphatic heterocycles. The lowest BCUT2D eigenvalue weighted by Crippen LogP contribution is -2.34. The van der Waals surface area contributed by atoms with Crippen LogP contribution in [0.4, 0.5) is 5.69 Å². The maximum atomic E-state index is 12.4. The average Bonchev–Trinajstić information content (AvgIpc) is 3.11. The van der Waals surface area contributed by atoms with E-state index in [4.69, 9.17) is 5.73 Å². The van der Waals surface area contributed by atoms with Crippen molar-refractivity contribution in [1.29, 1.82) is 0 Å². The fraction of sp³-hybridized carbons (Fsp3) is 0.571. The van der Waals surface area contributed by atoms with Gasteiger partial charge in [-0.2, -0.15) is 0 Å². The summed E-state index contributed by atoms with van der Waals surface area (Å²) >= 11 is 0. The van der Waals surface area contributed by atoms with Crippen LogP contribution in [0.2, 0.25) is 0 Å². The summed E-state index contributed by atoms with van der Waals surface area (Å²) < 4.78 is 0. The molecule has 0 unspecified atom stereocenters. The number of hydrogen-bond donors (Lipinski definition) is 1. The molecule has 0 atom stereocenters. The lowest BCUT2D eigenvalue weighted by atomic mass is 10.1. The Morgan fingerprint density at radius 3 is 2.83 bits per heavy atom. The first-order valence-corrected chi connectivity index (χ1v) is 6.63. The summed E-state index contributed by atoms with van der Waals surface area (Å²) in [6.07, 6.45) is 5.06. The summed E-state index contributed by atoms with van der Waals surface area (Å²) in [7, 11) is 0. The SMILES string of the molecule is CCCN(CC1CC1)C(=O)c1cnc(C)cc1N. The van der Waals surface area contributed by atoms with Crippen LogP contribution >= 0.6 is 0 Å². The number of rotatable bonds is 5. The Kier molecular flexibility index (Phi) is 3.84. The van der Waals surface area contributed by atoms with Crippen molar-refractivity contribution in [1.82, 2.24) is 9.88 Å². The maximum Gasteiger partial charge on any atom is 0.257 e. The molecule has 0 spiro atoms. The Bertz CT molecular complexity index is 441. The molecule has 1 aromatic heterocycles. The standard InChI is InChI=1S/C14H21N3O/c1-3-6-17(9-11-4-5-11)14(18)12-8-16-10(2)7-13(12)15/h7-8,11H,3-6,9H2,1-2H3,(H2,15,16). The van der Waals surface area contributed by atoms with E-state index in [-0.39, 0.29) is 5.91 Å². The van der Waals surface area contributed by atoms with Gasteiger partial charge in [-0.05, 0) is 38.2 Å². The minimum Gasteiger partial charge on any atom is -0.398 e. The zero-order valence-corrected chi connectivity index (χ0v) is 11.1. The number of pyridine rings is 1. The van der Waals surface area contributed by atoms with E-state index in [1.807, 2.05) is 11.8 Å². The molecule has 1 aliphatic carbocycles. The van der Waals surface area contributed by atoms with Gasteiger partial charge in [0.15, 0.2) is 0 Å². The molecule has 1 fully saturated rings. The third-order valence-corrected chi connectivity index (χ3v) is 3.26. The molecule has 0 bridgehead atoms. The molecule has 2 N–H and O–H groups in total. The molecule has 0 saturated heterocycles. The summed E-state index contributed by atoms with van der Waals surface area (Å²) in [5.74, 6) is 0.717. The van der Waals surface area contributed by atoms with E-state index in [0.717, 1.165) is 25.2 Å². The van der Waals surface area contributed by atoms with Gasteiger partial charge in [-0.15, -0.1) is 0 Å². The van der Waals surface area contributed by atoms with E-state index in [2.05, 4.69) is 11.9 Å². The molecule has 1 amide bonds. The van der Waals surface area contributed by atoms with Crippen molar-refractivity contribution in [3.05, 3.63) is 23.5 Å². The van der Waals surface area contributed by atoms with Crippen molar-refractivity contribution in [2.45, 2.75) is 33.1 Å². The molecule has 1 aliphatic rings. The minimum absolute atomic E-state index is 0.0220. The van der Waals surface area contributed by atoms with Crippen LogP contribution < -0.4 is 5.73 Å². The molecule has 2 rings (SSSR count). The number of aromatic nitrogens is 1. The van der Waals surface area contributed by atoms with Gasteiger partial charge in [-0.3, -0.25) is 9.78 Å². The molecule has 1 saturated carbocycles. The lowest BCUT2D eigenvalue weighted by molar-refractivity contribution is 0.0748. The summed E-state index contributed by atoms with van der Waals surface area (Å²) in [5.41, 5.74) is 7.82. The number of anilines is 1. The number of nitrogens with zero attached hydrogens (tertiary/aromatic N) is 2. The summed E-state index contributed by atoms with van der Waals surface area (Å²) in [5, 5.41) is 0. The van der Waals surface area contributed by atoms with Crippen LogP contribution in [0.5, 0.6) is 0 Å². The number of nitrogens with two attached hydrogens (primary N) is 1. The average molecular weight is 247 g/mol. The van der Waals surface area contributed by atoms with Crippen LogP contribution in [-0.2, 0) is 0 Å². The predicted molar refractivity (Wildman–Crippen MR) is 72.3 cm³/mol. The number of amides is 1. The molecular formula is C14H21N3O. The Hall–Kier alpha value is -1.58. The van der Waals surface area contributed by atoms with Gasteiger partial charge < -0.3 is 10.6 Å². The summed E-state index contributed by atoms with van der Waals surface area (Å²) in [4.78, 5) is 18.5. The smallest absolute Gasteiger partial charge is 0.257 e. The number of nitrogen functional groups attached to an aromatic ring is 1. The van der Waals surface area contributed by atoms with Gasteiger partial charge in [0.2, 0.25) is 0 Å². The first-order chi connectivity index (χ1) is 8.61. The fourth-order valence-electron chi connectivity index (χ4n) is 2.09. The van der Waals surface area contributed by atoms with Crippen LogP contribution in [0, 0.1) is 12.8 Å². The fourth-order valence-corrected chi connectivity index (χ4v) is 2.09. The Labute approximate surface area is 108 Å². The zero-order valence-electron chi connectivity index (χ0n) is 11.1. The second kappa shape index (κ2) is 5.38. The van der Waals surface area contributed by atoms with E-state index < -0.39 is 0 Å². The molecule has 4 nitrogen and oxygen atoms in total. The van der Waals surface area contributed by atoms with Crippen molar-refractivity contribution < 1.29 is 4.79 Å². The van der Waals surface area contributed by atoms with Crippen molar-refractivity contribution in [2.75, 3.05) is 18.8 Å². The van der Waals surface area contributed by atoms with E-state index in [1.54, 1.807) is 12.3 Å². The predicted octanol–water partition coefficient (Wildman–Crippen LogP) is 2.23. The van der Waals surface area contributed by atoms with Crippen molar-refractivity contribution in [2.24, 2.45) is 5.92 Å². The molecule has 0 radical (unpaired) electrons. The normalized spacial score (nSPS) is 14.6. The highest BCUT2D eigenvalue weighted by Crippen LogP contribution is 2.30. The van der Waals surface area contributed by atoms with Crippen LogP contribution in [0.1, 0.15) is 42.2 Å². The Morgan fingerprint density at radius 1 is 1.56 bits per heavy atom. The summed E-state index contributed by atoms with van der Waals surface area (Å²) in [6.45, 7) is 5.62. The Morgan fingerprint density at radius 2 is 2.28 bits per heavy atom. The van der Waals surface area contributed by atoms with Crippen molar-refractivity contribution in [3.63, 3.8) is 0 Å². The van der Waals surface area contributed by atoms with Gasteiger partial charge in [0, 0.05) is 30.7 Å². The number of aryl methyl sites for hydroxylation is 1.